The molecule has 23 heavy (non-hydrogen) atoms. The Morgan fingerprint density at radius 1 is 1.13 bits per heavy atom. The molecule has 118 valence electrons. The molecule has 0 amide bonds. The Morgan fingerprint density at radius 2 is 1.87 bits per heavy atom. The number of nitrogens with zero attached hydrogens (tertiary/aromatic N) is 3. The Bertz CT molecular complexity index is 944. The minimum absolute atomic E-state index is 0.369. The maximum atomic E-state index is 12.8. The van der Waals surface area contributed by atoms with Crippen molar-refractivity contribution in [2.45, 2.75) is 0 Å². The van der Waals surface area contributed by atoms with Gasteiger partial charge in [0.1, 0.15) is 17.8 Å². The zero-order valence-corrected chi connectivity index (χ0v) is 15.7. The first kappa shape index (κ1) is 16.4. The van der Waals surface area contributed by atoms with Crippen molar-refractivity contribution in [3.63, 3.8) is 0 Å². The Hall–Kier alpha value is -1.49. The predicted octanol–water partition coefficient (Wildman–Crippen LogP) is 4.43. The van der Waals surface area contributed by atoms with Crippen LogP contribution in [-0.4, -0.2) is 28.3 Å². The van der Waals surface area contributed by atoms with Crippen molar-refractivity contribution in [2.75, 3.05) is 18.6 Å². The van der Waals surface area contributed by atoms with Crippen LogP contribution >= 0.6 is 34.7 Å². The summed E-state index contributed by atoms with van der Waals surface area (Å²) < 4.78 is 13.6. The number of aromatic nitrogens is 3. The molecule has 0 aliphatic rings. The molecule has 3 rings (SSSR count). The number of fused-ring (bicyclic) bond motifs is 1. The van der Waals surface area contributed by atoms with Crippen molar-refractivity contribution in [2.24, 2.45) is 0 Å². The Balaban J connectivity index is 2.21. The SMILES string of the molecule is CP(C)(=O)c1c(Nc2cc(Cl)ncc2Br)ccc2nccnc12. The third kappa shape index (κ3) is 3.39. The molecule has 1 aromatic carbocycles. The van der Waals surface area contributed by atoms with Gasteiger partial charge in [-0.05, 0) is 41.4 Å². The van der Waals surface area contributed by atoms with E-state index in [9.17, 15) is 4.57 Å². The first-order chi connectivity index (χ1) is 10.9. The Morgan fingerprint density at radius 3 is 2.61 bits per heavy atom. The van der Waals surface area contributed by atoms with E-state index in [4.69, 9.17) is 11.6 Å². The van der Waals surface area contributed by atoms with Crippen molar-refractivity contribution in [3.05, 3.63) is 46.4 Å². The summed E-state index contributed by atoms with van der Waals surface area (Å²) in [5.41, 5.74) is 2.81. The third-order valence-electron chi connectivity index (χ3n) is 3.24. The lowest BCUT2D eigenvalue weighted by molar-refractivity contribution is 0.588. The summed E-state index contributed by atoms with van der Waals surface area (Å²) in [4.78, 5) is 12.7. The number of hydrogen-bond acceptors (Lipinski definition) is 5. The highest BCUT2D eigenvalue weighted by atomic mass is 79.9. The molecule has 0 fully saturated rings. The van der Waals surface area contributed by atoms with Crippen LogP contribution in [0.25, 0.3) is 11.0 Å². The summed E-state index contributed by atoms with van der Waals surface area (Å²) in [6.07, 6.45) is 4.84. The smallest absolute Gasteiger partial charge is 0.131 e. The minimum Gasteiger partial charge on any atom is -0.354 e. The van der Waals surface area contributed by atoms with Crippen LogP contribution in [-0.2, 0) is 4.57 Å². The van der Waals surface area contributed by atoms with Crippen molar-refractivity contribution in [1.82, 2.24) is 15.0 Å². The first-order valence-corrected chi connectivity index (χ1v) is 10.5. The highest BCUT2D eigenvalue weighted by Gasteiger charge is 2.21. The molecule has 2 aromatic heterocycles. The molecular formula is C15H13BrClN4OP. The van der Waals surface area contributed by atoms with Gasteiger partial charge in [0.25, 0.3) is 0 Å². The number of rotatable bonds is 3. The van der Waals surface area contributed by atoms with Gasteiger partial charge in [-0.2, -0.15) is 0 Å². The quantitative estimate of drug-likeness (QED) is 0.510. The Labute approximate surface area is 147 Å². The predicted molar refractivity (Wildman–Crippen MR) is 98.9 cm³/mol. The topological polar surface area (TPSA) is 67.8 Å². The average Bonchev–Trinajstić information content (AvgIpc) is 2.49. The second kappa shape index (κ2) is 6.19. The van der Waals surface area contributed by atoms with Gasteiger partial charge in [0.05, 0.1) is 26.7 Å². The van der Waals surface area contributed by atoms with E-state index in [2.05, 4.69) is 36.2 Å². The summed E-state index contributed by atoms with van der Waals surface area (Å²) in [6.45, 7) is 3.44. The lowest BCUT2D eigenvalue weighted by Crippen LogP contribution is -2.13. The van der Waals surface area contributed by atoms with Gasteiger partial charge in [-0.25, -0.2) is 4.98 Å². The molecule has 0 bridgehead atoms. The number of nitrogens with one attached hydrogen (secondary N) is 1. The first-order valence-electron chi connectivity index (χ1n) is 6.73. The van der Waals surface area contributed by atoms with Crippen LogP contribution < -0.4 is 10.6 Å². The molecule has 0 saturated carbocycles. The second-order valence-corrected chi connectivity index (χ2v) is 9.74. The standard InChI is InChI=1S/C15H13BrClN4OP/c1-23(2,22)15-11(4-3-10-14(15)19-6-5-18-10)21-12-7-13(17)20-8-9(12)16/h3-8H,1-2H3,(H,20,21). The fourth-order valence-corrected chi connectivity index (χ4v) is 4.19. The molecule has 0 aliphatic carbocycles. The van der Waals surface area contributed by atoms with Gasteiger partial charge in [-0.15, -0.1) is 0 Å². The maximum absolute atomic E-state index is 12.8. The van der Waals surface area contributed by atoms with Gasteiger partial charge in [0.2, 0.25) is 0 Å². The molecule has 5 nitrogen and oxygen atoms in total. The zero-order valence-electron chi connectivity index (χ0n) is 12.4. The average molecular weight is 412 g/mol. The lowest BCUT2D eigenvalue weighted by atomic mass is 10.2. The van der Waals surface area contributed by atoms with Crippen LogP contribution in [0.1, 0.15) is 0 Å². The van der Waals surface area contributed by atoms with E-state index in [0.29, 0.717) is 27.2 Å². The van der Waals surface area contributed by atoms with Gasteiger partial charge < -0.3 is 9.88 Å². The second-order valence-electron chi connectivity index (χ2n) is 5.35. The normalized spacial score (nSPS) is 11.7. The molecule has 0 radical (unpaired) electrons. The monoisotopic (exact) mass is 410 g/mol. The van der Waals surface area contributed by atoms with Crippen LogP contribution in [0.3, 0.4) is 0 Å². The highest BCUT2D eigenvalue weighted by Crippen LogP contribution is 2.41. The van der Waals surface area contributed by atoms with Gasteiger partial charge in [0, 0.05) is 24.7 Å². The fourth-order valence-electron chi connectivity index (χ4n) is 2.32. The van der Waals surface area contributed by atoms with E-state index in [1.807, 2.05) is 12.1 Å². The fraction of sp³-hybridized carbons (Fsp3) is 0.133. The van der Waals surface area contributed by atoms with Gasteiger partial charge in [-0.1, -0.05) is 11.6 Å². The summed E-state index contributed by atoms with van der Waals surface area (Å²) in [5, 5.41) is 4.31. The van der Waals surface area contributed by atoms with Crippen LogP contribution in [0.2, 0.25) is 5.15 Å². The van der Waals surface area contributed by atoms with Crippen molar-refractivity contribution in [1.29, 1.82) is 0 Å². The molecular weight excluding hydrogens is 399 g/mol. The van der Waals surface area contributed by atoms with E-state index in [1.165, 1.54) is 0 Å². The van der Waals surface area contributed by atoms with Gasteiger partial charge >= 0.3 is 0 Å². The maximum Gasteiger partial charge on any atom is 0.131 e. The van der Waals surface area contributed by atoms with Gasteiger partial charge in [-0.3, -0.25) is 9.97 Å². The number of hydrogen-bond donors (Lipinski definition) is 1. The van der Waals surface area contributed by atoms with Crippen LogP contribution in [0.4, 0.5) is 11.4 Å². The van der Waals surface area contributed by atoms with Gasteiger partial charge in [0.15, 0.2) is 0 Å². The van der Waals surface area contributed by atoms with Crippen molar-refractivity contribution >= 4 is 62.4 Å². The van der Waals surface area contributed by atoms with Crippen LogP contribution in [0, 0.1) is 0 Å². The van der Waals surface area contributed by atoms with E-state index in [1.54, 1.807) is 38.0 Å². The van der Waals surface area contributed by atoms with E-state index in [-0.39, 0.29) is 0 Å². The Kier molecular flexibility index (Phi) is 4.41. The summed E-state index contributed by atoms with van der Waals surface area (Å²) in [5.74, 6) is 0. The van der Waals surface area contributed by atoms with Crippen LogP contribution in [0.15, 0.2) is 41.3 Å². The number of anilines is 2. The zero-order chi connectivity index (χ0) is 16.6. The summed E-state index contributed by atoms with van der Waals surface area (Å²) in [6, 6.07) is 5.40. The molecule has 3 aromatic rings. The highest BCUT2D eigenvalue weighted by molar-refractivity contribution is 9.10. The molecule has 8 heteroatoms. The van der Waals surface area contributed by atoms with E-state index >= 15 is 0 Å². The summed E-state index contributed by atoms with van der Waals surface area (Å²) >= 11 is 9.39. The minimum atomic E-state index is -2.59. The molecule has 1 N–H and O–H groups in total. The third-order valence-corrected chi connectivity index (χ3v) is 5.61. The van der Waals surface area contributed by atoms with E-state index in [0.717, 1.165) is 10.2 Å². The molecule has 2 heterocycles. The molecule has 0 spiro atoms. The molecule has 0 atom stereocenters. The molecule has 0 saturated heterocycles. The molecule has 0 unspecified atom stereocenters. The number of halogens is 2. The van der Waals surface area contributed by atoms with Crippen molar-refractivity contribution in [3.8, 4) is 0 Å². The molecule has 0 aliphatic heterocycles. The van der Waals surface area contributed by atoms with Crippen LogP contribution in [0.5, 0.6) is 0 Å². The lowest BCUT2D eigenvalue weighted by Gasteiger charge is -2.17. The summed E-state index contributed by atoms with van der Waals surface area (Å²) in [7, 11) is -2.59. The largest absolute Gasteiger partial charge is 0.354 e. The number of benzene rings is 1. The number of pyridine rings is 1. The van der Waals surface area contributed by atoms with E-state index < -0.39 is 7.14 Å². The van der Waals surface area contributed by atoms with Crippen molar-refractivity contribution < 1.29 is 4.57 Å².